The van der Waals surface area contributed by atoms with E-state index in [1.165, 1.54) is 6.42 Å². The van der Waals surface area contributed by atoms with Gasteiger partial charge in [0.05, 0.1) is 17.9 Å². The van der Waals surface area contributed by atoms with Gasteiger partial charge in [-0.3, -0.25) is 0 Å². The SMILES string of the molecule is CC(/C=N/OCCN)=C\[C@H]1CC[C@]2(O)[C@@H]3CC[C@@H]4C[C@@H](O)CC[C@]4(C)[C@H]3CC[C@]12C.O=C(O)/C=C/C(=O)O. The van der Waals surface area contributed by atoms with Gasteiger partial charge in [0.1, 0.15) is 6.61 Å². The highest BCUT2D eigenvalue weighted by Crippen LogP contribution is 2.69. The van der Waals surface area contributed by atoms with Gasteiger partial charge in [-0.05, 0) is 99.4 Å². The van der Waals surface area contributed by atoms with Gasteiger partial charge >= 0.3 is 11.9 Å². The summed E-state index contributed by atoms with van der Waals surface area (Å²) < 4.78 is 0. The average molecular weight is 535 g/mol. The van der Waals surface area contributed by atoms with Crippen LogP contribution in [0.15, 0.2) is 29.0 Å². The first-order valence-corrected chi connectivity index (χ1v) is 14.0. The van der Waals surface area contributed by atoms with Crippen molar-refractivity contribution < 1.29 is 34.9 Å². The zero-order valence-electron chi connectivity index (χ0n) is 23.0. The smallest absolute Gasteiger partial charge is 0.328 e. The molecule has 4 aliphatic carbocycles. The molecule has 4 aliphatic rings. The molecular formula is C29H46N2O7. The van der Waals surface area contributed by atoms with Gasteiger partial charge in [0.2, 0.25) is 0 Å². The molecule has 0 saturated heterocycles. The highest BCUT2D eigenvalue weighted by Gasteiger charge is 2.66. The van der Waals surface area contributed by atoms with Crippen molar-refractivity contribution in [3.8, 4) is 0 Å². The Kier molecular flexibility index (Phi) is 9.81. The van der Waals surface area contributed by atoms with Crippen LogP contribution in [-0.2, 0) is 14.4 Å². The van der Waals surface area contributed by atoms with Crippen LogP contribution in [-0.4, -0.2) is 63.4 Å². The van der Waals surface area contributed by atoms with E-state index in [-0.39, 0.29) is 16.9 Å². The van der Waals surface area contributed by atoms with E-state index < -0.39 is 17.5 Å². The third-order valence-electron chi connectivity index (χ3n) is 10.3. The van der Waals surface area contributed by atoms with Crippen LogP contribution in [0.2, 0.25) is 0 Å². The minimum atomic E-state index is -1.26. The average Bonchev–Trinajstić information content (AvgIpc) is 3.12. The van der Waals surface area contributed by atoms with E-state index in [0.29, 0.717) is 49.0 Å². The number of hydrogen-bond acceptors (Lipinski definition) is 7. The number of carboxylic acid groups (broad SMARTS) is 2. The molecule has 214 valence electrons. The van der Waals surface area contributed by atoms with Crippen molar-refractivity contribution >= 4 is 18.2 Å². The summed E-state index contributed by atoms with van der Waals surface area (Å²) in [5.41, 5.74) is 6.18. The Morgan fingerprint density at radius 1 is 1.00 bits per heavy atom. The Balaban J connectivity index is 0.000000436. The lowest BCUT2D eigenvalue weighted by Gasteiger charge is -2.63. The van der Waals surface area contributed by atoms with E-state index in [4.69, 9.17) is 20.8 Å². The van der Waals surface area contributed by atoms with Crippen molar-refractivity contribution in [3.63, 3.8) is 0 Å². The van der Waals surface area contributed by atoms with Crippen molar-refractivity contribution in [2.24, 2.45) is 45.4 Å². The molecule has 0 aliphatic heterocycles. The Bertz CT molecular complexity index is 933. The highest BCUT2D eigenvalue weighted by atomic mass is 16.6. The summed E-state index contributed by atoms with van der Waals surface area (Å²) in [5, 5.41) is 42.1. The van der Waals surface area contributed by atoms with E-state index in [1.54, 1.807) is 6.21 Å². The topological polar surface area (TPSA) is 163 Å². The first-order chi connectivity index (χ1) is 17.9. The molecule has 9 heteroatoms. The van der Waals surface area contributed by atoms with Gasteiger partial charge in [-0.15, -0.1) is 0 Å². The molecule has 0 aromatic heterocycles. The summed E-state index contributed by atoms with van der Waals surface area (Å²) in [4.78, 5) is 24.3. The molecule has 0 amide bonds. The predicted octanol–water partition coefficient (Wildman–Crippen LogP) is 3.74. The summed E-state index contributed by atoms with van der Waals surface area (Å²) in [5.74, 6) is -0.521. The van der Waals surface area contributed by atoms with Gasteiger partial charge in [-0.25, -0.2) is 9.59 Å². The van der Waals surface area contributed by atoms with E-state index in [0.717, 1.165) is 56.9 Å². The number of aliphatic hydroxyl groups excluding tert-OH is 1. The first-order valence-electron chi connectivity index (χ1n) is 14.0. The summed E-state index contributed by atoms with van der Waals surface area (Å²) in [6, 6.07) is 0. The van der Waals surface area contributed by atoms with Gasteiger partial charge in [-0.2, -0.15) is 0 Å². The number of nitrogens with two attached hydrogens (primary N) is 1. The molecule has 0 radical (unpaired) electrons. The fourth-order valence-electron chi connectivity index (χ4n) is 8.24. The van der Waals surface area contributed by atoms with E-state index >= 15 is 0 Å². The lowest BCUT2D eigenvalue weighted by molar-refractivity contribution is -0.207. The maximum absolute atomic E-state index is 12.2. The number of carboxylic acids is 2. The second-order valence-corrected chi connectivity index (χ2v) is 12.2. The summed E-state index contributed by atoms with van der Waals surface area (Å²) in [6.07, 6.45) is 14.6. The van der Waals surface area contributed by atoms with Crippen molar-refractivity contribution in [2.45, 2.75) is 90.3 Å². The summed E-state index contributed by atoms with van der Waals surface area (Å²) in [7, 11) is 0. The number of allylic oxidation sites excluding steroid dienone is 2. The zero-order valence-corrected chi connectivity index (χ0v) is 23.0. The molecule has 0 aromatic carbocycles. The van der Waals surface area contributed by atoms with Crippen molar-refractivity contribution in [3.05, 3.63) is 23.8 Å². The van der Waals surface area contributed by atoms with Crippen LogP contribution in [0.1, 0.15) is 78.6 Å². The first kappa shape index (κ1) is 30.3. The molecule has 4 fully saturated rings. The van der Waals surface area contributed by atoms with Gasteiger partial charge in [-0.1, -0.05) is 25.1 Å². The van der Waals surface area contributed by atoms with Gasteiger partial charge < -0.3 is 31.0 Å². The monoisotopic (exact) mass is 534 g/mol. The van der Waals surface area contributed by atoms with Crippen LogP contribution >= 0.6 is 0 Å². The number of aliphatic carboxylic acids is 2. The van der Waals surface area contributed by atoms with Crippen molar-refractivity contribution in [1.82, 2.24) is 0 Å². The largest absolute Gasteiger partial charge is 0.478 e. The lowest BCUT2D eigenvalue weighted by Crippen LogP contribution is -2.62. The highest BCUT2D eigenvalue weighted by molar-refractivity contribution is 5.89. The molecule has 0 unspecified atom stereocenters. The molecule has 0 heterocycles. The lowest BCUT2D eigenvalue weighted by atomic mass is 9.43. The summed E-state index contributed by atoms with van der Waals surface area (Å²) in [6.45, 7) is 7.79. The molecule has 0 bridgehead atoms. The fraction of sp³-hybridized carbons (Fsp3) is 0.759. The summed E-state index contributed by atoms with van der Waals surface area (Å²) >= 11 is 0. The van der Waals surface area contributed by atoms with Crippen LogP contribution in [0.5, 0.6) is 0 Å². The molecule has 4 saturated carbocycles. The Morgan fingerprint density at radius 3 is 2.32 bits per heavy atom. The number of nitrogens with zero attached hydrogens (tertiary/aromatic N) is 1. The number of carbonyl (C=O) groups is 2. The number of aliphatic hydroxyl groups is 2. The molecule has 0 aromatic rings. The zero-order chi connectivity index (χ0) is 28.1. The number of fused-ring (bicyclic) bond motifs is 5. The van der Waals surface area contributed by atoms with Crippen LogP contribution in [0.3, 0.4) is 0 Å². The van der Waals surface area contributed by atoms with E-state index in [2.05, 4.69) is 32.0 Å². The quantitative estimate of drug-likeness (QED) is 0.143. The van der Waals surface area contributed by atoms with Gasteiger partial charge in [0.25, 0.3) is 0 Å². The molecule has 4 rings (SSSR count). The second-order valence-electron chi connectivity index (χ2n) is 12.2. The third-order valence-corrected chi connectivity index (χ3v) is 10.3. The molecular weight excluding hydrogens is 488 g/mol. The number of hydrogen-bond donors (Lipinski definition) is 5. The third kappa shape index (κ3) is 6.15. The second kappa shape index (κ2) is 12.3. The molecule has 6 N–H and O–H groups in total. The van der Waals surface area contributed by atoms with Crippen LogP contribution in [0.4, 0.5) is 0 Å². The van der Waals surface area contributed by atoms with Crippen LogP contribution in [0, 0.1) is 34.5 Å². The number of oxime groups is 1. The Morgan fingerprint density at radius 2 is 1.68 bits per heavy atom. The molecule has 38 heavy (non-hydrogen) atoms. The molecule has 0 spiro atoms. The normalized spacial score (nSPS) is 40.6. The van der Waals surface area contributed by atoms with E-state index in [1.807, 2.05) is 0 Å². The standard InChI is InChI=1S/C25H42N2O3.C4H4O4/c1-17(16-27-30-13-12-26)14-19-6-11-25(29)22-5-4-18-15-20(28)7-9-23(18,2)21(22)8-10-24(19,25)3;5-3(6)1-2-4(7)8/h14,16,18-22,28-29H,4-13,15,26H2,1-3H3;1-2H,(H,5,6)(H,7,8)/b17-14+,27-16+;2-1+/t18-,19-,20+,21+,22-,23+,24-,25+;/m1./s1. The van der Waals surface area contributed by atoms with Crippen molar-refractivity contribution in [2.75, 3.05) is 13.2 Å². The minimum absolute atomic E-state index is 0.0707. The van der Waals surface area contributed by atoms with Gasteiger partial charge in [0.15, 0.2) is 0 Å². The van der Waals surface area contributed by atoms with Gasteiger partial charge in [0, 0.05) is 24.1 Å². The van der Waals surface area contributed by atoms with Crippen LogP contribution < -0.4 is 5.73 Å². The maximum Gasteiger partial charge on any atom is 0.328 e. The molecule has 8 atom stereocenters. The van der Waals surface area contributed by atoms with Crippen molar-refractivity contribution in [1.29, 1.82) is 0 Å². The molecule has 9 nitrogen and oxygen atoms in total. The Labute approximate surface area is 225 Å². The fourth-order valence-corrected chi connectivity index (χ4v) is 8.24. The Hall–Kier alpha value is -2.23. The predicted molar refractivity (Wildman–Crippen MR) is 144 cm³/mol. The van der Waals surface area contributed by atoms with E-state index in [9.17, 15) is 19.8 Å². The number of rotatable bonds is 7. The van der Waals surface area contributed by atoms with Crippen LogP contribution in [0.25, 0.3) is 0 Å². The maximum atomic E-state index is 12.2. The minimum Gasteiger partial charge on any atom is -0.478 e.